The van der Waals surface area contributed by atoms with Crippen molar-refractivity contribution >= 4 is 8.32 Å². The predicted octanol–water partition coefficient (Wildman–Crippen LogP) is 6.42. The van der Waals surface area contributed by atoms with Crippen molar-refractivity contribution in [2.45, 2.75) is 77.4 Å². The summed E-state index contributed by atoms with van der Waals surface area (Å²) < 4.78 is 12.1. The minimum Gasteiger partial charge on any atom is -0.543 e. The van der Waals surface area contributed by atoms with Gasteiger partial charge in [0.25, 0.3) is 8.32 Å². The van der Waals surface area contributed by atoms with Gasteiger partial charge in [0.2, 0.25) is 0 Å². The van der Waals surface area contributed by atoms with E-state index in [0.29, 0.717) is 16.6 Å². The smallest absolute Gasteiger partial charge is 0.259 e. The van der Waals surface area contributed by atoms with Crippen molar-refractivity contribution in [3.8, 4) is 11.5 Å². The van der Waals surface area contributed by atoms with Gasteiger partial charge in [0.05, 0.1) is 7.11 Å². The van der Waals surface area contributed by atoms with Crippen LogP contribution in [0.4, 0.5) is 0 Å². The van der Waals surface area contributed by atoms with Gasteiger partial charge >= 0.3 is 0 Å². The van der Waals surface area contributed by atoms with Crippen LogP contribution in [0.5, 0.6) is 11.5 Å². The monoisotopic (exact) mass is 322 g/mol. The van der Waals surface area contributed by atoms with E-state index in [1.807, 2.05) is 12.1 Å². The van der Waals surface area contributed by atoms with Crippen LogP contribution < -0.4 is 9.16 Å². The first-order valence-electron chi connectivity index (χ1n) is 8.79. The second-order valence-corrected chi connectivity index (χ2v) is 11.4. The molecule has 0 radical (unpaired) electrons. The van der Waals surface area contributed by atoms with Gasteiger partial charge in [-0.05, 0) is 40.9 Å². The zero-order valence-electron chi connectivity index (χ0n) is 15.5. The summed E-state index contributed by atoms with van der Waals surface area (Å²) in [6.07, 6.45) is 3.57. The first-order valence-corrected chi connectivity index (χ1v) is 10.9. The molecule has 0 amide bonds. The molecule has 3 atom stereocenters. The maximum atomic E-state index is 6.84. The van der Waals surface area contributed by atoms with Gasteiger partial charge in [-0.3, -0.25) is 0 Å². The van der Waals surface area contributed by atoms with E-state index in [4.69, 9.17) is 9.16 Å². The lowest BCUT2D eigenvalue weighted by atomic mass is 10.3. The van der Waals surface area contributed by atoms with E-state index in [2.05, 4.69) is 53.7 Å². The molecule has 0 aliphatic heterocycles. The fourth-order valence-corrected chi connectivity index (χ4v) is 9.54. The molecular weight excluding hydrogens is 288 g/mol. The highest BCUT2D eigenvalue weighted by Crippen LogP contribution is 2.47. The largest absolute Gasteiger partial charge is 0.543 e. The zero-order valence-corrected chi connectivity index (χ0v) is 16.5. The van der Waals surface area contributed by atoms with Crippen LogP contribution in [0.1, 0.15) is 60.8 Å². The highest BCUT2D eigenvalue weighted by molar-refractivity contribution is 6.78. The number of ether oxygens (including phenoxy) is 1. The van der Waals surface area contributed by atoms with Gasteiger partial charge in [0, 0.05) is 0 Å². The Balaban J connectivity index is 3.21. The molecule has 1 aromatic carbocycles. The molecule has 0 aliphatic carbocycles. The molecule has 0 spiro atoms. The Morgan fingerprint density at radius 1 is 0.773 bits per heavy atom. The molecular formula is C19H34O2Si. The van der Waals surface area contributed by atoms with E-state index < -0.39 is 8.32 Å². The van der Waals surface area contributed by atoms with Crippen LogP contribution in [0, 0.1) is 0 Å². The number of hydrogen-bond donors (Lipinski definition) is 0. The predicted molar refractivity (Wildman–Crippen MR) is 98.5 cm³/mol. The molecule has 3 heteroatoms. The van der Waals surface area contributed by atoms with Crippen molar-refractivity contribution in [2.75, 3.05) is 7.11 Å². The summed E-state index contributed by atoms with van der Waals surface area (Å²) in [5.41, 5.74) is 1.96. The molecule has 0 aliphatic rings. The third-order valence-corrected chi connectivity index (χ3v) is 11.9. The van der Waals surface area contributed by atoms with Gasteiger partial charge in [0.15, 0.2) is 0 Å². The Kier molecular flexibility index (Phi) is 7.47. The Hall–Kier alpha value is -0.963. The van der Waals surface area contributed by atoms with Crippen LogP contribution in [0.3, 0.4) is 0 Å². The average Bonchev–Trinajstić information content (AvgIpc) is 2.57. The minimum atomic E-state index is -1.91. The Labute approximate surface area is 138 Å². The fraction of sp³-hybridized carbons (Fsp3) is 0.684. The van der Waals surface area contributed by atoms with Gasteiger partial charge in [0.1, 0.15) is 11.5 Å². The Morgan fingerprint density at radius 3 is 1.45 bits per heavy atom. The average molecular weight is 323 g/mol. The zero-order chi connectivity index (χ0) is 16.8. The lowest BCUT2D eigenvalue weighted by molar-refractivity contribution is 0.412. The van der Waals surface area contributed by atoms with E-state index >= 15 is 0 Å². The van der Waals surface area contributed by atoms with Crippen LogP contribution in [-0.4, -0.2) is 15.4 Å². The molecule has 0 aromatic heterocycles. The van der Waals surface area contributed by atoms with E-state index in [0.717, 1.165) is 11.5 Å². The van der Waals surface area contributed by atoms with Crippen molar-refractivity contribution in [1.29, 1.82) is 0 Å². The number of hydrogen-bond acceptors (Lipinski definition) is 2. The summed E-state index contributed by atoms with van der Waals surface area (Å²) in [5, 5.41) is 0. The van der Waals surface area contributed by atoms with Gasteiger partial charge < -0.3 is 9.16 Å². The van der Waals surface area contributed by atoms with E-state index in [-0.39, 0.29) is 0 Å². The molecule has 0 saturated heterocycles. The van der Waals surface area contributed by atoms with Gasteiger partial charge in [-0.25, -0.2) is 0 Å². The van der Waals surface area contributed by atoms with E-state index in [1.54, 1.807) is 7.11 Å². The van der Waals surface area contributed by atoms with Crippen molar-refractivity contribution in [1.82, 2.24) is 0 Å². The van der Waals surface area contributed by atoms with Crippen LogP contribution >= 0.6 is 0 Å². The maximum absolute atomic E-state index is 6.84. The summed E-state index contributed by atoms with van der Waals surface area (Å²) in [6.45, 7) is 14.1. The van der Waals surface area contributed by atoms with Gasteiger partial charge in [-0.2, -0.15) is 0 Å². The van der Waals surface area contributed by atoms with Crippen LogP contribution in [0.25, 0.3) is 0 Å². The second kappa shape index (κ2) is 8.61. The summed E-state index contributed by atoms with van der Waals surface area (Å²) in [5.74, 6) is 1.89. The maximum Gasteiger partial charge on any atom is 0.259 e. The fourth-order valence-electron chi connectivity index (χ4n) is 3.56. The first kappa shape index (κ1) is 19.1. The second-order valence-electron chi connectivity index (χ2n) is 6.56. The summed E-state index contributed by atoms with van der Waals surface area (Å²) in [4.78, 5) is 0. The quantitative estimate of drug-likeness (QED) is 0.488. The minimum absolute atomic E-state index is 0.652. The highest BCUT2D eigenvalue weighted by atomic mass is 28.4. The Bertz CT molecular complexity index is 403. The van der Waals surface area contributed by atoms with Crippen LogP contribution in [-0.2, 0) is 0 Å². The molecule has 126 valence electrons. The van der Waals surface area contributed by atoms with Gasteiger partial charge in [-0.15, -0.1) is 0 Å². The molecule has 2 nitrogen and oxygen atoms in total. The molecule has 0 fully saturated rings. The molecule has 22 heavy (non-hydrogen) atoms. The molecule has 1 rings (SSSR count). The standard InChI is InChI=1S/C19H34O2Si/c1-8-15(4)22(16(5)9-2,17(6)10-3)21-19-13-11-18(20-7)12-14-19/h11-17H,8-10H2,1-7H3. The molecule has 0 bridgehead atoms. The third kappa shape index (κ3) is 3.86. The third-order valence-electron chi connectivity index (χ3n) is 5.50. The molecule has 1 aromatic rings. The molecule has 0 N–H and O–H groups in total. The van der Waals surface area contributed by atoms with Crippen molar-refractivity contribution in [3.63, 3.8) is 0 Å². The molecule has 0 saturated carbocycles. The van der Waals surface area contributed by atoms with E-state index in [9.17, 15) is 0 Å². The molecule has 0 heterocycles. The summed E-state index contributed by atoms with van der Waals surface area (Å²) >= 11 is 0. The summed E-state index contributed by atoms with van der Waals surface area (Å²) in [7, 11) is -0.214. The SMILES string of the molecule is CCC(C)[Si](Oc1ccc(OC)cc1)(C(C)CC)C(C)CC. The highest BCUT2D eigenvalue weighted by Gasteiger charge is 2.50. The normalized spacial score (nSPS) is 18.1. The van der Waals surface area contributed by atoms with Crippen LogP contribution in [0.15, 0.2) is 24.3 Å². The lowest BCUT2D eigenvalue weighted by Gasteiger charge is -2.45. The number of benzene rings is 1. The lowest BCUT2D eigenvalue weighted by Crippen LogP contribution is -2.52. The van der Waals surface area contributed by atoms with Crippen LogP contribution in [0.2, 0.25) is 16.6 Å². The topological polar surface area (TPSA) is 18.5 Å². The Morgan fingerprint density at radius 2 is 1.14 bits per heavy atom. The summed E-state index contributed by atoms with van der Waals surface area (Å²) in [6, 6.07) is 8.12. The number of methoxy groups -OCH3 is 1. The number of rotatable bonds is 9. The van der Waals surface area contributed by atoms with E-state index in [1.165, 1.54) is 19.3 Å². The van der Waals surface area contributed by atoms with Crippen molar-refractivity contribution < 1.29 is 9.16 Å². The van der Waals surface area contributed by atoms with Crippen molar-refractivity contribution in [2.24, 2.45) is 0 Å². The van der Waals surface area contributed by atoms with Gasteiger partial charge in [-0.1, -0.05) is 60.8 Å². The van der Waals surface area contributed by atoms with Crippen molar-refractivity contribution in [3.05, 3.63) is 24.3 Å². The first-order chi connectivity index (χ1) is 10.5. The molecule has 3 unspecified atom stereocenters.